The molecule has 148 valence electrons. The van der Waals surface area contributed by atoms with Crippen LogP contribution in [0.25, 0.3) is 0 Å². The molecule has 8 heteroatoms. The van der Waals surface area contributed by atoms with Gasteiger partial charge in [-0.2, -0.15) is 0 Å². The molecule has 28 heavy (non-hydrogen) atoms. The molecule has 0 bridgehead atoms. The molecule has 3 aliphatic rings. The van der Waals surface area contributed by atoms with Crippen molar-refractivity contribution in [1.29, 1.82) is 0 Å². The summed E-state index contributed by atoms with van der Waals surface area (Å²) in [5.41, 5.74) is 2.91. The van der Waals surface area contributed by atoms with E-state index in [0.717, 1.165) is 22.7 Å². The van der Waals surface area contributed by atoms with Crippen molar-refractivity contribution in [2.24, 2.45) is 16.8 Å². The van der Waals surface area contributed by atoms with Crippen molar-refractivity contribution in [3.05, 3.63) is 40.9 Å². The molecular weight excluding hydrogens is 360 g/mol. The number of aliphatic carboxylic acids is 1. The Morgan fingerprint density at radius 1 is 1.46 bits per heavy atom. The largest absolute Gasteiger partial charge is 0.477 e. The number of amides is 1. The number of amidine groups is 1. The Hall–Kier alpha value is -2.74. The van der Waals surface area contributed by atoms with Crippen LogP contribution in [0.3, 0.4) is 0 Å². The van der Waals surface area contributed by atoms with Gasteiger partial charge in [0, 0.05) is 37.3 Å². The minimum absolute atomic E-state index is 0.0714. The van der Waals surface area contributed by atoms with Gasteiger partial charge in [0.2, 0.25) is 5.91 Å². The number of fused-ring (bicyclic) bond motifs is 1. The summed E-state index contributed by atoms with van der Waals surface area (Å²) in [4.78, 5) is 34.4. The Kier molecular flexibility index (Phi) is 4.66. The Bertz CT molecular complexity index is 892. The average Bonchev–Trinajstić information content (AvgIpc) is 2.99. The van der Waals surface area contributed by atoms with Gasteiger partial charge in [0.15, 0.2) is 0 Å². The van der Waals surface area contributed by atoms with Gasteiger partial charge < -0.3 is 20.4 Å². The summed E-state index contributed by atoms with van der Waals surface area (Å²) in [6, 6.07) is 3.67. The molecule has 1 aromatic heterocycles. The molecule has 3 aliphatic heterocycles. The molecular formula is C20H24N4O4. The van der Waals surface area contributed by atoms with Gasteiger partial charge in [0.25, 0.3) is 0 Å². The maximum absolute atomic E-state index is 12.3. The third-order valence-electron chi connectivity index (χ3n) is 5.99. The fourth-order valence-electron chi connectivity index (χ4n) is 4.48. The van der Waals surface area contributed by atoms with E-state index >= 15 is 0 Å². The van der Waals surface area contributed by atoms with E-state index in [1.165, 1.54) is 4.90 Å². The van der Waals surface area contributed by atoms with Gasteiger partial charge in [-0.25, -0.2) is 4.79 Å². The van der Waals surface area contributed by atoms with Gasteiger partial charge in [-0.05, 0) is 37.5 Å². The molecule has 0 saturated carbocycles. The van der Waals surface area contributed by atoms with Crippen molar-refractivity contribution in [2.45, 2.75) is 38.8 Å². The molecule has 3 N–H and O–H groups in total. The fraction of sp³-hybridized carbons (Fsp3) is 0.500. The van der Waals surface area contributed by atoms with Gasteiger partial charge in [-0.1, -0.05) is 6.07 Å². The number of hydrogen-bond acceptors (Lipinski definition) is 6. The molecule has 4 rings (SSSR count). The summed E-state index contributed by atoms with van der Waals surface area (Å²) in [6.07, 6.45) is 2.13. The lowest BCUT2D eigenvalue weighted by molar-refractivity contribution is -0.161. The van der Waals surface area contributed by atoms with Gasteiger partial charge in [0.1, 0.15) is 11.5 Å². The highest BCUT2D eigenvalue weighted by atomic mass is 16.4. The van der Waals surface area contributed by atoms with E-state index in [9.17, 15) is 19.8 Å². The average molecular weight is 384 g/mol. The lowest BCUT2D eigenvalue weighted by Gasteiger charge is -2.44. The van der Waals surface area contributed by atoms with E-state index < -0.39 is 18.0 Å². The standard InChI is InChI=1S/C20H24N4O4/c1-10-12(4-3-5-21-10)6-16-22-8-13(9-23-16)14-7-15-17(11(2)25)19(26)24(15)18(14)20(27)28/h3-5,11,13,15,17,25H,6-9H2,1-2H3,(H,22,23)(H,27,28)/t11-,15-,17-/m1/s1. The summed E-state index contributed by atoms with van der Waals surface area (Å²) in [5.74, 6) is -1.11. The van der Waals surface area contributed by atoms with Crippen LogP contribution in [-0.4, -0.2) is 63.0 Å². The number of aliphatic hydroxyl groups is 1. The number of aliphatic imine (C=N–C) groups is 1. The molecule has 1 aromatic rings. The molecule has 1 unspecified atom stereocenters. The molecule has 1 saturated heterocycles. The van der Waals surface area contributed by atoms with E-state index in [1.807, 2.05) is 19.1 Å². The highest BCUT2D eigenvalue weighted by Gasteiger charge is 2.57. The van der Waals surface area contributed by atoms with Crippen LogP contribution in [0.15, 0.2) is 34.6 Å². The third-order valence-corrected chi connectivity index (χ3v) is 5.99. The normalized spacial score (nSPS) is 27.7. The molecule has 0 spiro atoms. The molecule has 4 atom stereocenters. The van der Waals surface area contributed by atoms with E-state index in [0.29, 0.717) is 25.9 Å². The van der Waals surface area contributed by atoms with Crippen LogP contribution in [0.2, 0.25) is 0 Å². The number of carboxylic acid groups (broad SMARTS) is 1. The number of carboxylic acids is 1. The van der Waals surface area contributed by atoms with Crippen LogP contribution >= 0.6 is 0 Å². The van der Waals surface area contributed by atoms with Crippen LogP contribution in [0.4, 0.5) is 0 Å². The SMILES string of the molecule is Cc1ncccc1CC1=NCC(C2=C(C(=O)O)N3C(=O)[C@H]([C@@H](C)O)[C@H]3C2)CN1. The molecule has 1 amide bonds. The first-order valence-corrected chi connectivity index (χ1v) is 9.53. The molecule has 4 heterocycles. The van der Waals surface area contributed by atoms with E-state index in [2.05, 4.69) is 15.3 Å². The first-order valence-electron chi connectivity index (χ1n) is 9.53. The van der Waals surface area contributed by atoms with E-state index in [-0.39, 0.29) is 23.6 Å². The van der Waals surface area contributed by atoms with Crippen LogP contribution in [-0.2, 0) is 16.0 Å². The van der Waals surface area contributed by atoms with Gasteiger partial charge >= 0.3 is 5.97 Å². The summed E-state index contributed by atoms with van der Waals surface area (Å²) in [7, 11) is 0. The van der Waals surface area contributed by atoms with E-state index in [1.54, 1.807) is 13.1 Å². The summed E-state index contributed by atoms with van der Waals surface area (Å²) >= 11 is 0. The number of β-lactam (4-membered cyclic amide) rings is 1. The smallest absolute Gasteiger partial charge is 0.352 e. The van der Waals surface area contributed by atoms with Crippen molar-refractivity contribution in [2.75, 3.05) is 13.1 Å². The summed E-state index contributed by atoms with van der Waals surface area (Å²) in [5, 5.41) is 22.9. The molecule has 0 aromatic carbocycles. The Morgan fingerprint density at radius 2 is 2.25 bits per heavy atom. The second kappa shape index (κ2) is 7.01. The van der Waals surface area contributed by atoms with Crippen molar-refractivity contribution in [3.8, 4) is 0 Å². The first kappa shape index (κ1) is 18.6. The highest BCUT2D eigenvalue weighted by molar-refractivity contribution is 5.99. The summed E-state index contributed by atoms with van der Waals surface area (Å²) < 4.78 is 0. The zero-order valence-electron chi connectivity index (χ0n) is 15.9. The number of aliphatic hydroxyl groups excluding tert-OH is 1. The van der Waals surface area contributed by atoms with Crippen molar-refractivity contribution >= 4 is 17.7 Å². The Balaban J connectivity index is 1.51. The van der Waals surface area contributed by atoms with Crippen molar-refractivity contribution in [3.63, 3.8) is 0 Å². The Labute approximate surface area is 163 Å². The monoisotopic (exact) mass is 384 g/mol. The van der Waals surface area contributed by atoms with Gasteiger partial charge in [-0.3, -0.25) is 14.8 Å². The summed E-state index contributed by atoms with van der Waals surface area (Å²) in [6.45, 7) is 4.61. The van der Waals surface area contributed by atoms with Crippen LogP contribution in [0.1, 0.15) is 24.6 Å². The van der Waals surface area contributed by atoms with Gasteiger partial charge in [-0.15, -0.1) is 0 Å². The minimum Gasteiger partial charge on any atom is -0.477 e. The zero-order chi connectivity index (χ0) is 20.0. The lowest BCUT2D eigenvalue weighted by Crippen LogP contribution is -2.61. The predicted octanol–water partition coefficient (Wildman–Crippen LogP) is 0.501. The topological polar surface area (TPSA) is 115 Å². The highest BCUT2D eigenvalue weighted by Crippen LogP contribution is 2.45. The van der Waals surface area contributed by atoms with Crippen molar-refractivity contribution < 1.29 is 19.8 Å². The van der Waals surface area contributed by atoms with Crippen molar-refractivity contribution in [1.82, 2.24) is 15.2 Å². The molecule has 8 nitrogen and oxygen atoms in total. The number of hydrogen-bond donors (Lipinski definition) is 3. The number of rotatable bonds is 5. The molecule has 0 radical (unpaired) electrons. The fourth-order valence-corrected chi connectivity index (χ4v) is 4.48. The van der Waals surface area contributed by atoms with Crippen LogP contribution in [0.5, 0.6) is 0 Å². The quantitative estimate of drug-likeness (QED) is 0.637. The van der Waals surface area contributed by atoms with Crippen LogP contribution < -0.4 is 5.32 Å². The first-order chi connectivity index (χ1) is 13.4. The lowest BCUT2D eigenvalue weighted by atomic mass is 9.82. The van der Waals surface area contributed by atoms with E-state index in [4.69, 9.17) is 0 Å². The number of pyridine rings is 1. The number of carbonyl (C=O) groups excluding carboxylic acids is 1. The maximum atomic E-state index is 12.3. The van der Waals surface area contributed by atoms with Gasteiger partial charge in [0.05, 0.1) is 18.1 Å². The third kappa shape index (κ3) is 2.97. The van der Waals surface area contributed by atoms with Crippen LogP contribution in [0, 0.1) is 18.8 Å². The molecule has 0 aliphatic carbocycles. The second-order valence-electron chi connectivity index (χ2n) is 7.72. The number of aryl methyl sites for hydroxylation is 1. The molecule has 1 fully saturated rings. The predicted molar refractivity (Wildman–Crippen MR) is 102 cm³/mol. The number of aromatic nitrogens is 1. The Morgan fingerprint density at radius 3 is 2.86 bits per heavy atom. The zero-order valence-corrected chi connectivity index (χ0v) is 15.9. The number of carbonyl (C=O) groups is 2. The number of nitrogens with one attached hydrogen (secondary N) is 1. The number of nitrogens with zero attached hydrogens (tertiary/aromatic N) is 3. The second-order valence-corrected chi connectivity index (χ2v) is 7.72. The maximum Gasteiger partial charge on any atom is 0.352 e. The minimum atomic E-state index is -1.09.